The van der Waals surface area contributed by atoms with Crippen LogP contribution in [0.15, 0.2) is 97.1 Å². The fourth-order valence-corrected chi connectivity index (χ4v) is 4.34. The zero-order valence-electron chi connectivity index (χ0n) is 21.6. The van der Waals surface area contributed by atoms with Crippen LogP contribution in [-0.4, -0.2) is 24.2 Å². The van der Waals surface area contributed by atoms with E-state index in [1.807, 2.05) is 36.4 Å². The molecule has 0 saturated heterocycles. The van der Waals surface area contributed by atoms with Crippen LogP contribution >= 0.6 is 0 Å². The molecular formula is C33H33NO4. The zero-order chi connectivity index (χ0) is 26.6. The van der Waals surface area contributed by atoms with Gasteiger partial charge in [0, 0.05) is 17.7 Å². The maximum Gasteiger partial charge on any atom is 0.258 e. The number of ketones is 1. The minimum Gasteiger partial charge on any atom is -0.494 e. The third-order valence-electron chi connectivity index (χ3n) is 6.50. The quantitative estimate of drug-likeness (QED) is 0.102. The highest BCUT2D eigenvalue weighted by molar-refractivity contribution is 6.28. The van der Waals surface area contributed by atoms with Gasteiger partial charge in [-0.15, -0.1) is 0 Å². The maximum atomic E-state index is 12.2. The first kappa shape index (κ1) is 26.8. The highest BCUT2D eigenvalue weighted by Gasteiger charge is 2.24. The van der Waals surface area contributed by atoms with Gasteiger partial charge in [-0.3, -0.25) is 14.4 Å². The highest BCUT2D eigenvalue weighted by Crippen LogP contribution is 2.22. The number of unbranched alkanes of at least 4 members (excludes halogenated alkanes) is 5. The molecule has 0 spiro atoms. The Labute approximate surface area is 224 Å². The van der Waals surface area contributed by atoms with E-state index in [0.717, 1.165) is 35.5 Å². The van der Waals surface area contributed by atoms with Crippen molar-refractivity contribution < 1.29 is 19.1 Å². The van der Waals surface area contributed by atoms with Gasteiger partial charge in [0.05, 0.1) is 12.3 Å². The van der Waals surface area contributed by atoms with Gasteiger partial charge in [-0.2, -0.15) is 0 Å². The van der Waals surface area contributed by atoms with Crippen molar-refractivity contribution in [1.82, 2.24) is 0 Å². The Kier molecular flexibility index (Phi) is 9.80. The standard InChI is InChI=1S/C33H33NO4/c35-31(28-11-7-5-8-12-28)22-17-27-15-13-26(14-16-27)10-6-3-1-2-4-9-25-38-30-20-18-29(19-21-30)34-32(36)23-24-33(34)37/h5,7-8,11-24H,1-4,6,9-10,25H2. The second-order valence-corrected chi connectivity index (χ2v) is 9.36. The number of carbonyl (C=O) groups excluding carboxylic acids is 3. The molecule has 0 unspecified atom stereocenters. The highest BCUT2D eigenvalue weighted by atomic mass is 16.5. The Morgan fingerprint density at radius 2 is 1.34 bits per heavy atom. The summed E-state index contributed by atoms with van der Waals surface area (Å²) in [4.78, 5) is 36.8. The molecule has 0 radical (unpaired) electrons. The number of nitrogens with zero attached hydrogens (tertiary/aromatic N) is 1. The molecule has 1 heterocycles. The summed E-state index contributed by atoms with van der Waals surface area (Å²) in [6.07, 6.45) is 14.0. The number of hydrogen-bond donors (Lipinski definition) is 0. The number of carbonyl (C=O) groups is 3. The van der Waals surface area contributed by atoms with Crippen molar-refractivity contribution in [1.29, 1.82) is 0 Å². The van der Waals surface area contributed by atoms with Gasteiger partial charge in [0.1, 0.15) is 5.75 Å². The molecule has 5 nitrogen and oxygen atoms in total. The van der Waals surface area contributed by atoms with Crippen molar-refractivity contribution in [2.75, 3.05) is 11.5 Å². The van der Waals surface area contributed by atoms with Crippen molar-refractivity contribution in [2.45, 2.75) is 44.9 Å². The van der Waals surface area contributed by atoms with E-state index in [0.29, 0.717) is 17.9 Å². The molecule has 0 aromatic heterocycles. The van der Waals surface area contributed by atoms with Gasteiger partial charge in [0.25, 0.3) is 11.8 Å². The van der Waals surface area contributed by atoms with Gasteiger partial charge in [-0.05, 0) is 60.7 Å². The Morgan fingerprint density at radius 1 is 0.711 bits per heavy atom. The van der Waals surface area contributed by atoms with Crippen molar-refractivity contribution in [3.8, 4) is 5.75 Å². The molecule has 0 bridgehead atoms. The van der Waals surface area contributed by atoms with E-state index in [9.17, 15) is 14.4 Å². The van der Waals surface area contributed by atoms with E-state index in [1.54, 1.807) is 30.3 Å². The lowest BCUT2D eigenvalue weighted by atomic mass is 10.0. The predicted molar refractivity (Wildman–Crippen MR) is 151 cm³/mol. The minimum absolute atomic E-state index is 0.0169. The molecule has 2 amide bonds. The summed E-state index contributed by atoms with van der Waals surface area (Å²) in [6.45, 7) is 0.653. The molecule has 0 atom stereocenters. The van der Waals surface area contributed by atoms with Crippen LogP contribution < -0.4 is 9.64 Å². The van der Waals surface area contributed by atoms with E-state index in [2.05, 4.69) is 24.3 Å². The Balaban J connectivity index is 1.04. The molecule has 1 aliphatic heterocycles. The molecule has 0 fully saturated rings. The second-order valence-electron chi connectivity index (χ2n) is 9.36. The molecule has 4 rings (SSSR count). The summed E-state index contributed by atoms with van der Waals surface area (Å²) in [6, 6.07) is 24.8. The zero-order valence-corrected chi connectivity index (χ0v) is 21.6. The molecule has 0 aliphatic carbocycles. The number of ether oxygens (including phenoxy) is 1. The van der Waals surface area contributed by atoms with Crippen LogP contribution in [0.4, 0.5) is 5.69 Å². The number of aryl methyl sites for hydroxylation is 1. The number of allylic oxidation sites excluding steroid dienone is 1. The van der Waals surface area contributed by atoms with Crippen LogP contribution in [0, 0.1) is 0 Å². The fraction of sp³-hybridized carbons (Fsp3) is 0.242. The Morgan fingerprint density at radius 3 is 2.03 bits per heavy atom. The SMILES string of the molecule is O=C(C=Cc1ccc(CCCCCCCCOc2ccc(N3C(=O)C=CC3=O)cc2)cc1)c1ccccc1. The Hall–Kier alpha value is -4.25. The lowest BCUT2D eigenvalue weighted by molar-refractivity contribution is -0.119. The number of hydrogen-bond acceptors (Lipinski definition) is 4. The number of rotatable bonds is 14. The monoisotopic (exact) mass is 507 g/mol. The first-order chi connectivity index (χ1) is 18.6. The Bertz CT molecular complexity index is 1260. The number of benzene rings is 3. The molecule has 194 valence electrons. The third-order valence-corrected chi connectivity index (χ3v) is 6.50. The summed E-state index contributed by atoms with van der Waals surface area (Å²) >= 11 is 0. The summed E-state index contributed by atoms with van der Waals surface area (Å²) in [5, 5.41) is 0. The summed E-state index contributed by atoms with van der Waals surface area (Å²) in [5.74, 6) is 0.124. The number of anilines is 1. The van der Waals surface area contributed by atoms with Crippen LogP contribution in [-0.2, 0) is 16.0 Å². The van der Waals surface area contributed by atoms with Crippen LogP contribution in [0.25, 0.3) is 6.08 Å². The molecule has 3 aromatic carbocycles. The first-order valence-electron chi connectivity index (χ1n) is 13.3. The van der Waals surface area contributed by atoms with E-state index < -0.39 is 0 Å². The van der Waals surface area contributed by atoms with Gasteiger partial charge < -0.3 is 4.74 Å². The number of imide groups is 1. The smallest absolute Gasteiger partial charge is 0.258 e. The summed E-state index contributed by atoms with van der Waals surface area (Å²) in [7, 11) is 0. The van der Waals surface area contributed by atoms with Crippen LogP contribution in [0.5, 0.6) is 5.75 Å². The topological polar surface area (TPSA) is 63.7 Å². The largest absolute Gasteiger partial charge is 0.494 e. The van der Waals surface area contributed by atoms with Gasteiger partial charge in [0.15, 0.2) is 5.78 Å². The molecule has 1 aliphatic rings. The summed E-state index contributed by atoms with van der Waals surface area (Å²) in [5.41, 5.74) is 3.62. The van der Waals surface area contributed by atoms with Crippen LogP contribution in [0.3, 0.4) is 0 Å². The molecule has 0 N–H and O–H groups in total. The normalized spacial score (nSPS) is 13.0. The number of amides is 2. The molecule has 38 heavy (non-hydrogen) atoms. The van der Waals surface area contributed by atoms with E-state index in [4.69, 9.17) is 4.74 Å². The van der Waals surface area contributed by atoms with Crippen LogP contribution in [0.1, 0.15) is 60.0 Å². The van der Waals surface area contributed by atoms with Crippen LogP contribution in [0.2, 0.25) is 0 Å². The predicted octanol–water partition coefficient (Wildman–Crippen LogP) is 6.97. The third kappa shape index (κ3) is 7.87. The second kappa shape index (κ2) is 13.9. The van der Waals surface area contributed by atoms with Gasteiger partial charge in [-0.1, -0.05) is 86.4 Å². The van der Waals surface area contributed by atoms with Gasteiger partial charge in [0.2, 0.25) is 0 Å². The average Bonchev–Trinajstić information content (AvgIpc) is 3.29. The summed E-state index contributed by atoms with van der Waals surface area (Å²) < 4.78 is 5.80. The lowest BCUT2D eigenvalue weighted by Crippen LogP contribution is -2.29. The minimum atomic E-state index is -0.317. The molecule has 5 heteroatoms. The van der Waals surface area contributed by atoms with Crippen molar-refractivity contribution >= 4 is 29.4 Å². The van der Waals surface area contributed by atoms with E-state index >= 15 is 0 Å². The van der Waals surface area contributed by atoms with Crippen molar-refractivity contribution in [2.24, 2.45) is 0 Å². The average molecular weight is 508 g/mol. The van der Waals surface area contributed by atoms with E-state index in [-0.39, 0.29) is 17.6 Å². The maximum absolute atomic E-state index is 12.2. The molecular weight excluding hydrogens is 474 g/mol. The van der Waals surface area contributed by atoms with Gasteiger partial charge in [-0.25, -0.2) is 4.90 Å². The van der Waals surface area contributed by atoms with Crippen molar-refractivity contribution in [3.05, 3.63) is 114 Å². The lowest BCUT2D eigenvalue weighted by Gasteiger charge is -2.14. The van der Waals surface area contributed by atoms with Gasteiger partial charge >= 0.3 is 0 Å². The molecule has 3 aromatic rings. The first-order valence-corrected chi connectivity index (χ1v) is 13.3. The van der Waals surface area contributed by atoms with Crippen molar-refractivity contribution in [3.63, 3.8) is 0 Å². The fourth-order valence-electron chi connectivity index (χ4n) is 4.34. The molecule has 0 saturated carbocycles. The van der Waals surface area contributed by atoms with E-state index in [1.165, 1.54) is 43.4 Å².